The van der Waals surface area contributed by atoms with Crippen LogP contribution >= 0.6 is 0 Å². The second-order valence-electron chi connectivity index (χ2n) is 22.1. The van der Waals surface area contributed by atoms with Gasteiger partial charge in [-0.15, -0.1) is 0 Å². The van der Waals surface area contributed by atoms with Gasteiger partial charge in [-0.05, 0) is 86.4 Å². The van der Waals surface area contributed by atoms with Crippen LogP contribution in [0.15, 0.2) is 12.2 Å². The third kappa shape index (κ3) is 6.59. The van der Waals surface area contributed by atoms with E-state index in [9.17, 15) is 40.2 Å². The van der Waals surface area contributed by atoms with E-state index in [1.165, 1.54) is 0 Å². The first-order valence-electron chi connectivity index (χ1n) is 22.7. The Morgan fingerprint density at radius 2 is 1.44 bits per heavy atom. The standard InChI is InChI=1S/C46H72O15/c1-23-32(52)35(61-39-37(58-25(3)50)36(57-24(2)49)33(53)26(20-47)59-39)34(54)38(56-23)60-31-12-13-41(6)27(42(31,7)21-48)10-14-43(8)28(41)11-15-46-29-18-40(4,5)16-17-45(29,22-55-46)30(51)19-44(43,46)9/h11,15,23,26-39,47-48,51-54H,10,12-14,16-22H2,1-9H3/t23-,26-,27-,28-,29+,30+,31+,32+,33-,34-,35+,36+,37-,38+,39+,41+,42+,43-,44+,45-,46+/m1/s1. The molecule has 7 fully saturated rings. The molecule has 0 unspecified atom stereocenters. The highest BCUT2D eigenvalue weighted by atomic mass is 16.7. The molecule has 3 saturated heterocycles. The van der Waals surface area contributed by atoms with Crippen molar-refractivity contribution < 1.29 is 73.4 Å². The minimum Gasteiger partial charge on any atom is -0.455 e. The van der Waals surface area contributed by atoms with E-state index in [1.807, 2.05) is 0 Å². The van der Waals surface area contributed by atoms with Crippen molar-refractivity contribution >= 4 is 11.9 Å². The topological polar surface area (TPSA) is 220 Å². The van der Waals surface area contributed by atoms with Gasteiger partial charge in [0.1, 0.15) is 30.5 Å². The van der Waals surface area contributed by atoms with E-state index < -0.39 is 103 Å². The van der Waals surface area contributed by atoms with Crippen LogP contribution in [0.1, 0.15) is 114 Å². The zero-order chi connectivity index (χ0) is 44.5. The zero-order valence-electron chi connectivity index (χ0n) is 37.5. The first kappa shape index (κ1) is 45.8. The maximum Gasteiger partial charge on any atom is 0.303 e. The van der Waals surface area contributed by atoms with E-state index in [0.717, 1.165) is 52.4 Å². The van der Waals surface area contributed by atoms with Gasteiger partial charge < -0.3 is 63.8 Å². The molecule has 346 valence electrons. The van der Waals surface area contributed by atoms with E-state index in [0.29, 0.717) is 19.4 Å². The largest absolute Gasteiger partial charge is 0.455 e. The highest BCUT2D eigenvalue weighted by Gasteiger charge is 2.79. The molecule has 15 heteroatoms. The highest BCUT2D eigenvalue weighted by molar-refractivity contribution is 5.67. The number of esters is 2. The lowest BCUT2D eigenvalue weighted by Gasteiger charge is -2.73. The summed E-state index contributed by atoms with van der Waals surface area (Å²) in [6, 6.07) is 0. The first-order valence-corrected chi connectivity index (χ1v) is 22.7. The molecule has 6 N–H and O–H groups in total. The number of aliphatic hydroxyl groups excluding tert-OH is 6. The number of hydrogen-bond acceptors (Lipinski definition) is 15. The minimum atomic E-state index is -1.62. The van der Waals surface area contributed by atoms with Gasteiger partial charge in [0.05, 0.1) is 43.7 Å². The molecule has 8 aliphatic rings. The normalized spacial score (nSPS) is 54.7. The molecule has 15 nitrogen and oxygen atoms in total. The quantitative estimate of drug-likeness (QED) is 0.117. The Morgan fingerprint density at radius 3 is 2.10 bits per heavy atom. The predicted octanol–water partition coefficient (Wildman–Crippen LogP) is 2.92. The number of aliphatic hydroxyl groups is 6. The Bertz CT molecular complexity index is 1720. The van der Waals surface area contributed by atoms with Crippen molar-refractivity contribution in [1.29, 1.82) is 0 Å². The van der Waals surface area contributed by atoms with Crippen molar-refractivity contribution in [2.45, 2.75) is 193 Å². The fourth-order valence-corrected chi connectivity index (χ4v) is 14.9. The number of carbonyl (C=O) groups excluding carboxylic acids is 2. The fraction of sp³-hybridized carbons (Fsp3) is 0.913. The first-order chi connectivity index (χ1) is 28.5. The molecule has 2 bridgehead atoms. The van der Waals surface area contributed by atoms with Gasteiger partial charge in [-0.25, -0.2) is 0 Å². The van der Waals surface area contributed by atoms with Crippen LogP contribution in [0.5, 0.6) is 0 Å². The van der Waals surface area contributed by atoms with Crippen molar-refractivity contribution in [2.24, 2.45) is 50.2 Å². The molecule has 0 aromatic heterocycles. The summed E-state index contributed by atoms with van der Waals surface area (Å²) in [5.41, 5.74) is -2.09. The Labute approximate surface area is 359 Å². The molecule has 61 heavy (non-hydrogen) atoms. The van der Waals surface area contributed by atoms with Crippen molar-refractivity contribution in [1.82, 2.24) is 0 Å². The maximum atomic E-state index is 12.2. The van der Waals surface area contributed by atoms with Crippen molar-refractivity contribution in [3.05, 3.63) is 12.2 Å². The monoisotopic (exact) mass is 864 g/mol. The summed E-state index contributed by atoms with van der Waals surface area (Å²) in [7, 11) is 0. The van der Waals surface area contributed by atoms with Crippen molar-refractivity contribution in [2.75, 3.05) is 19.8 Å². The molecular weight excluding hydrogens is 792 g/mol. The van der Waals surface area contributed by atoms with Crippen LogP contribution in [0, 0.1) is 50.2 Å². The third-order valence-electron chi connectivity index (χ3n) is 18.5. The van der Waals surface area contributed by atoms with Gasteiger partial charge in [-0.3, -0.25) is 9.59 Å². The second kappa shape index (κ2) is 15.4. The number of rotatable bonds is 8. The van der Waals surface area contributed by atoms with Crippen molar-refractivity contribution in [3.8, 4) is 0 Å². The van der Waals surface area contributed by atoms with Gasteiger partial charge in [-0.1, -0.05) is 53.7 Å². The molecular formula is C46H72O15. The van der Waals surface area contributed by atoms with E-state index in [1.54, 1.807) is 6.92 Å². The summed E-state index contributed by atoms with van der Waals surface area (Å²) in [5, 5.41) is 67.7. The van der Waals surface area contributed by atoms with E-state index >= 15 is 0 Å². The molecule has 3 heterocycles. The lowest BCUT2D eigenvalue weighted by Crippen LogP contribution is -2.72. The number of allylic oxidation sites excluding steroid dienone is 1. The van der Waals surface area contributed by atoms with Crippen LogP contribution < -0.4 is 0 Å². The molecule has 0 radical (unpaired) electrons. The zero-order valence-corrected chi connectivity index (χ0v) is 37.5. The molecule has 21 atom stereocenters. The lowest BCUT2D eigenvalue weighted by molar-refractivity contribution is -0.368. The van der Waals surface area contributed by atoms with Gasteiger partial charge in [-0.2, -0.15) is 0 Å². The predicted molar refractivity (Wildman–Crippen MR) is 216 cm³/mol. The van der Waals surface area contributed by atoms with E-state index in [-0.39, 0.29) is 51.4 Å². The molecule has 0 aromatic carbocycles. The summed E-state index contributed by atoms with van der Waals surface area (Å²) < 4.78 is 42.7. The van der Waals surface area contributed by atoms with Gasteiger partial charge in [0.15, 0.2) is 24.8 Å². The van der Waals surface area contributed by atoms with Crippen LogP contribution in [-0.2, 0) is 42.7 Å². The second-order valence-corrected chi connectivity index (χ2v) is 22.1. The third-order valence-corrected chi connectivity index (χ3v) is 18.5. The van der Waals surface area contributed by atoms with Gasteiger partial charge in [0.25, 0.3) is 0 Å². The van der Waals surface area contributed by atoms with Gasteiger partial charge in [0.2, 0.25) is 0 Å². The summed E-state index contributed by atoms with van der Waals surface area (Å²) in [6.07, 6.45) is -3.72. The SMILES string of the molecule is CC(=O)O[C@H]1[C@H](O[C@H]2[C@@H](O)[C@@H](C)O[C@@H](O[C@H]3CC[C@@]4(C)[C@@H](CC[C@]5(C)[C@@H]4C=C[C@]46OC[C@@]7(CCC(C)(C)C[C@@H]74)[C@@H](O)C[C@]65C)[C@]3(C)CO)[C@@H]2O)O[C@H](CO)[C@@H](O)[C@@H]1OC(C)=O. The highest BCUT2D eigenvalue weighted by Crippen LogP contribution is 2.79. The molecule has 4 saturated carbocycles. The molecule has 8 rings (SSSR count). The Balaban J connectivity index is 1.05. The molecule has 0 aromatic rings. The van der Waals surface area contributed by atoms with Crippen LogP contribution in [0.3, 0.4) is 0 Å². The number of fused-ring (bicyclic) bond motifs is 4. The van der Waals surface area contributed by atoms with E-state index in [4.69, 9.17) is 33.2 Å². The van der Waals surface area contributed by atoms with Crippen molar-refractivity contribution in [3.63, 3.8) is 0 Å². The minimum absolute atomic E-state index is 0.00538. The smallest absolute Gasteiger partial charge is 0.303 e. The lowest BCUT2D eigenvalue weighted by atomic mass is 9.32. The maximum absolute atomic E-state index is 12.2. The molecule has 3 aliphatic heterocycles. The van der Waals surface area contributed by atoms with E-state index in [2.05, 4.69) is 53.7 Å². The van der Waals surface area contributed by atoms with Crippen LogP contribution in [0.2, 0.25) is 0 Å². The van der Waals surface area contributed by atoms with Crippen LogP contribution in [-0.4, -0.2) is 142 Å². The fourth-order valence-electron chi connectivity index (χ4n) is 14.9. The van der Waals surface area contributed by atoms with Gasteiger partial charge >= 0.3 is 11.9 Å². The summed E-state index contributed by atoms with van der Waals surface area (Å²) in [5.74, 6) is -1.23. The molecule has 0 amide bonds. The number of hydrogen-bond donors (Lipinski definition) is 6. The summed E-state index contributed by atoms with van der Waals surface area (Å²) in [4.78, 5) is 24.2. The average Bonchev–Trinajstić information content (AvgIpc) is 3.46. The summed E-state index contributed by atoms with van der Waals surface area (Å²) in [6.45, 7) is 17.5. The number of ether oxygens (including phenoxy) is 7. The van der Waals surface area contributed by atoms with Gasteiger partial charge in [0, 0.05) is 36.0 Å². The molecule has 1 spiro atoms. The average molecular weight is 865 g/mol. The summed E-state index contributed by atoms with van der Waals surface area (Å²) >= 11 is 0. The Hall–Kier alpha value is -1.76. The Morgan fingerprint density at radius 1 is 0.754 bits per heavy atom. The van der Waals surface area contributed by atoms with Crippen LogP contribution in [0.4, 0.5) is 0 Å². The Kier molecular flexibility index (Phi) is 11.6. The van der Waals surface area contributed by atoms with Crippen LogP contribution in [0.25, 0.3) is 0 Å². The molecule has 5 aliphatic carbocycles. The number of carbonyl (C=O) groups is 2.